The summed E-state index contributed by atoms with van der Waals surface area (Å²) in [6.45, 7) is 2.71. The molecule has 0 aromatic heterocycles. The van der Waals surface area contributed by atoms with E-state index in [0.717, 1.165) is 31.6 Å². The average Bonchev–Trinajstić information content (AvgIpc) is 3.14. The second kappa shape index (κ2) is 5.08. The van der Waals surface area contributed by atoms with E-state index in [4.69, 9.17) is 0 Å². The fourth-order valence-corrected chi connectivity index (χ4v) is 4.23. The molecule has 3 saturated carbocycles. The molecule has 19 heavy (non-hydrogen) atoms. The van der Waals surface area contributed by atoms with E-state index in [0.29, 0.717) is 18.4 Å². The van der Waals surface area contributed by atoms with E-state index in [1.807, 2.05) is 0 Å². The molecule has 3 rings (SSSR count). The van der Waals surface area contributed by atoms with E-state index < -0.39 is 5.60 Å². The number of hydrogen-bond donors (Lipinski definition) is 2. The lowest BCUT2D eigenvalue weighted by Crippen LogP contribution is -2.45. The lowest BCUT2D eigenvalue weighted by Gasteiger charge is -2.35. The molecule has 3 heteroatoms. The maximum atomic E-state index is 12.2. The van der Waals surface area contributed by atoms with Crippen LogP contribution in [0.4, 0.5) is 0 Å². The highest BCUT2D eigenvalue weighted by Crippen LogP contribution is 2.55. The Kier molecular flexibility index (Phi) is 3.59. The average molecular weight is 265 g/mol. The Balaban J connectivity index is 1.46. The van der Waals surface area contributed by atoms with Gasteiger partial charge in [-0.05, 0) is 56.3 Å². The highest BCUT2D eigenvalue weighted by molar-refractivity contribution is 5.82. The molecule has 2 unspecified atom stereocenters. The quantitative estimate of drug-likeness (QED) is 0.823. The molecule has 0 radical (unpaired) electrons. The predicted molar refractivity (Wildman–Crippen MR) is 74.5 cm³/mol. The van der Waals surface area contributed by atoms with Crippen molar-refractivity contribution in [3.63, 3.8) is 0 Å². The van der Waals surface area contributed by atoms with E-state index >= 15 is 0 Å². The third-order valence-electron chi connectivity index (χ3n) is 5.76. The topological polar surface area (TPSA) is 49.3 Å². The van der Waals surface area contributed by atoms with Gasteiger partial charge in [0.2, 0.25) is 5.91 Å². The molecule has 0 aromatic carbocycles. The standard InChI is InChI=1S/C16H27NO2/c1-11-6-8-16(19,9-7-11)10-17-15(18)14-12-4-2-3-5-13(12)14/h11-14,19H,2-10H2,1H3,(H,17,18). The van der Waals surface area contributed by atoms with Gasteiger partial charge in [-0.1, -0.05) is 19.8 Å². The zero-order valence-corrected chi connectivity index (χ0v) is 12.0. The molecule has 2 N–H and O–H groups in total. The summed E-state index contributed by atoms with van der Waals surface area (Å²) in [7, 11) is 0. The Morgan fingerprint density at radius 2 is 1.74 bits per heavy atom. The summed E-state index contributed by atoms with van der Waals surface area (Å²) in [6, 6.07) is 0. The van der Waals surface area contributed by atoms with Crippen LogP contribution in [0.25, 0.3) is 0 Å². The third kappa shape index (κ3) is 2.81. The first kappa shape index (κ1) is 13.4. The minimum absolute atomic E-state index is 0.212. The molecule has 3 nitrogen and oxygen atoms in total. The van der Waals surface area contributed by atoms with Gasteiger partial charge < -0.3 is 10.4 Å². The van der Waals surface area contributed by atoms with E-state index in [1.165, 1.54) is 25.7 Å². The minimum Gasteiger partial charge on any atom is -0.388 e. The highest BCUT2D eigenvalue weighted by Gasteiger charge is 2.54. The number of carbonyl (C=O) groups excluding carboxylic acids is 1. The first-order valence-electron chi connectivity index (χ1n) is 8.09. The van der Waals surface area contributed by atoms with Crippen molar-refractivity contribution in [1.82, 2.24) is 5.32 Å². The number of carbonyl (C=O) groups is 1. The second-order valence-corrected chi connectivity index (χ2v) is 7.26. The summed E-state index contributed by atoms with van der Waals surface area (Å²) < 4.78 is 0. The summed E-state index contributed by atoms with van der Waals surface area (Å²) in [5.41, 5.74) is -0.637. The summed E-state index contributed by atoms with van der Waals surface area (Å²) in [6.07, 6.45) is 8.93. The molecule has 0 spiro atoms. The summed E-state index contributed by atoms with van der Waals surface area (Å²) in [5.74, 6) is 2.53. The van der Waals surface area contributed by atoms with Crippen molar-refractivity contribution in [2.45, 2.75) is 63.9 Å². The highest BCUT2D eigenvalue weighted by atomic mass is 16.3. The maximum Gasteiger partial charge on any atom is 0.223 e. The van der Waals surface area contributed by atoms with Gasteiger partial charge in [-0.25, -0.2) is 0 Å². The van der Waals surface area contributed by atoms with Crippen molar-refractivity contribution in [2.75, 3.05) is 6.54 Å². The van der Waals surface area contributed by atoms with Gasteiger partial charge >= 0.3 is 0 Å². The zero-order valence-electron chi connectivity index (χ0n) is 12.0. The third-order valence-corrected chi connectivity index (χ3v) is 5.76. The van der Waals surface area contributed by atoms with Crippen LogP contribution in [0, 0.1) is 23.7 Å². The van der Waals surface area contributed by atoms with Crippen LogP contribution in [-0.4, -0.2) is 23.2 Å². The SMILES string of the molecule is CC1CCC(O)(CNC(=O)C2C3CCCCC32)CC1. The molecule has 108 valence electrons. The van der Waals surface area contributed by atoms with Crippen LogP contribution in [0.5, 0.6) is 0 Å². The monoisotopic (exact) mass is 265 g/mol. The molecule has 3 aliphatic rings. The Labute approximate surface area is 116 Å². The fraction of sp³-hybridized carbons (Fsp3) is 0.938. The van der Waals surface area contributed by atoms with Crippen LogP contribution >= 0.6 is 0 Å². The second-order valence-electron chi connectivity index (χ2n) is 7.26. The number of hydrogen-bond acceptors (Lipinski definition) is 2. The van der Waals surface area contributed by atoms with Gasteiger partial charge in [-0.3, -0.25) is 4.79 Å². The summed E-state index contributed by atoms with van der Waals surface area (Å²) >= 11 is 0. The predicted octanol–water partition coefficient (Wildman–Crippen LogP) is 2.48. The molecule has 3 aliphatic carbocycles. The van der Waals surface area contributed by atoms with Gasteiger partial charge in [0.25, 0.3) is 0 Å². The molecule has 3 fully saturated rings. The van der Waals surface area contributed by atoms with Crippen LogP contribution in [0.2, 0.25) is 0 Å². The van der Waals surface area contributed by atoms with Crippen molar-refractivity contribution >= 4 is 5.91 Å². The molecule has 0 aliphatic heterocycles. The molecule has 2 atom stereocenters. The Bertz CT molecular complexity index is 335. The molecular weight excluding hydrogens is 238 g/mol. The van der Waals surface area contributed by atoms with E-state index in [1.54, 1.807) is 0 Å². The molecule has 1 amide bonds. The summed E-state index contributed by atoms with van der Waals surface area (Å²) in [5, 5.41) is 13.5. The molecule has 0 bridgehead atoms. The van der Waals surface area contributed by atoms with Crippen molar-refractivity contribution in [2.24, 2.45) is 23.7 Å². The maximum absolute atomic E-state index is 12.2. The van der Waals surface area contributed by atoms with Crippen molar-refractivity contribution in [3.8, 4) is 0 Å². The van der Waals surface area contributed by atoms with Crippen LogP contribution in [0.3, 0.4) is 0 Å². The Hall–Kier alpha value is -0.570. The van der Waals surface area contributed by atoms with Gasteiger partial charge in [0.1, 0.15) is 0 Å². The smallest absolute Gasteiger partial charge is 0.223 e. The normalized spacial score (nSPS) is 45.4. The molecule has 0 heterocycles. The fourth-order valence-electron chi connectivity index (χ4n) is 4.23. The molecule has 0 saturated heterocycles. The molecule has 0 aromatic rings. The van der Waals surface area contributed by atoms with Crippen LogP contribution in [0.15, 0.2) is 0 Å². The van der Waals surface area contributed by atoms with Gasteiger partial charge in [0.05, 0.1) is 5.60 Å². The number of rotatable bonds is 3. The van der Waals surface area contributed by atoms with E-state index in [-0.39, 0.29) is 11.8 Å². The van der Waals surface area contributed by atoms with Gasteiger partial charge in [0, 0.05) is 12.5 Å². The number of aliphatic hydroxyl groups is 1. The lowest BCUT2D eigenvalue weighted by molar-refractivity contribution is -0.124. The minimum atomic E-state index is -0.637. The van der Waals surface area contributed by atoms with Crippen molar-refractivity contribution < 1.29 is 9.90 Å². The van der Waals surface area contributed by atoms with Gasteiger partial charge in [0.15, 0.2) is 0 Å². The van der Waals surface area contributed by atoms with Crippen LogP contribution < -0.4 is 5.32 Å². The first-order chi connectivity index (χ1) is 9.09. The lowest BCUT2D eigenvalue weighted by atomic mass is 9.79. The van der Waals surface area contributed by atoms with Crippen molar-refractivity contribution in [1.29, 1.82) is 0 Å². The Morgan fingerprint density at radius 1 is 1.16 bits per heavy atom. The first-order valence-corrected chi connectivity index (χ1v) is 8.09. The zero-order chi connectivity index (χ0) is 13.5. The van der Waals surface area contributed by atoms with Gasteiger partial charge in [-0.15, -0.1) is 0 Å². The number of nitrogens with one attached hydrogen (secondary N) is 1. The van der Waals surface area contributed by atoms with Crippen LogP contribution in [-0.2, 0) is 4.79 Å². The van der Waals surface area contributed by atoms with Crippen molar-refractivity contribution in [3.05, 3.63) is 0 Å². The van der Waals surface area contributed by atoms with Gasteiger partial charge in [-0.2, -0.15) is 0 Å². The molecular formula is C16H27NO2. The summed E-state index contributed by atoms with van der Waals surface area (Å²) in [4.78, 5) is 12.2. The van der Waals surface area contributed by atoms with E-state index in [9.17, 15) is 9.90 Å². The number of fused-ring (bicyclic) bond motifs is 1. The number of amides is 1. The largest absolute Gasteiger partial charge is 0.388 e. The Morgan fingerprint density at radius 3 is 2.32 bits per heavy atom. The van der Waals surface area contributed by atoms with Crippen LogP contribution in [0.1, 0.15) is 58.3 Å². The van der Waals surface area contributed by atoms with E-state index in [2.05, 4.69) is 12.2 Å².